The van der Waals surface area contributed by atoms with Crippen LogP contribution in [-0.4, -0.2) is 40.9 Å². The van der Waals surface area contributed by atoms with Crippen LogP contribution in [0.3, 0.4) is 0 Å². The molecule has 2 atom stereocenters. The highest BCUT2D eigenvalue weighted by Gasteiger charge is 2.27. The Morgan fingerprint density at radius 2 is 2.33 bits per heavy atom. The van der Waals surface area contributed by atoms with Gasteiger partial charge < -0.3 is 11.1 Å². The van der Waals surface area contributed by atoms with Gasteiger partial charge in [0.2, 0.25) is 5.91 Å². The van der Waals surface area contributed by atoms with Gasteiger partial charge in [-0.3, -0.25) is 9.69 Å². The first-order chi connectivity index (χ1) is 10.0. The van der Waals surface area contributed by atoms with Crippen LogP contribution in [0.25, 0.3) is 0 Å². The molecule has 0 bridgehead atoms. The molecule has 116 valence electrons. The number of nitrogens with one attached hydrogen (secondary N) is 1. The maximum atomic E-state index is 12.5. The summed E-state index contributed by atoms with van der Waals surface area (Å²) in [6.07, 6.45) is 1.16. The number of benzene rings is 1. The van der Waals surface area contributed by atoms with Crippen molar-refractivity contribution in [2.75, 3.05) is 29.9 Å². The van der Waals surface area contributed by atoms with Crippen LogP contribution in [0.15, 0.2) is 18.2 Å². The van der Waals surface area contributed by atoms with Gasteiger partial charge in [-0.25, -0.2) is 0 Å². The number of nitrogen functional groups attached to an aromatic ring is 1. The molecule has 1 aromatic carbocycles. The van der Waals surface area contributed by atoms with E-state index in [1.54, 1.807) is 0 Å². The van der Waals surface area contributed by atoms with Crippen molar-refractivity contribution < 1.29 is 4.79 Å². The molecule has 0 saturated carbocycles. The molecule has 0 aromatic heterocycles. The van der Waals surface area contributed by atoms with Gasteiger partial charge in [-0.15, -0.1) is 0 Å². The van der Waals surface area contributed by atoms with Crippen LogP contribution in [0, 0.1) is 6.92 Å². The molecular weight excluding hydrogens is 282 g/mol. The van der Waals surface area contributed by atoms with Gasteiger partial charge >= 0.3 is 0 Å². The molecule has 1 heterocycles. The van der Waals surface area contributed by atoms with Crippen molar-refractivity contribution in [3.63, 3.8) is 0 Å². The number of thioether (sulfide) groups is 1. The Morgan fingerprint density at radius 3 is 3.00 bits per heavy atom. The fourth-order valence-corrected chi connectivity index (χ4v) is 3.78. The summed E-state index contributed by atoms with van der Waals surface area (Å²) in [5, 5.41) is 3.67. The van der Waals surface area contributed by atoms with E-state index in [1.165, 1.54) is 0 Å². The number of amides is 1. The minimum absolute atomic E-state index is 0.0598. The molecule has 21 heavy (non-hydrogen) atoms. The Bertz CT molecular complexity index is 506. The number of hydrogen-bond acceptors (Lipinski definition) is 4. The predicted octanol–water partition coefficient (Wildman–Crippen LogP) is 2.73. The summed E-state index contributed by atoms with van der Waals surface area (Å²) >= 11 is 2.02. The van der Waals surface area contributed by atoms with E-state index in [2.05, 4.69) is 17.1 Å². The minimum atomic E-state index is -0.100. The first kappa shape index (κ1) is 16.2. The number of anilines is 2. The molecule has 3 N–H and O–H groups in total. The fourth-order valence-electron chi connectivity index (χ4n) is 2.57. The van der Waals surface area contributed by atoms with Crippen LogP contribution in [0.5, 0.6) is 0 Å². The van der Waals surface area contributed by atoms with Crippen molar-refractivity contribution in [1.82, 2.24) is 4.90 Å². The highest BCUT2D eigenvalue weighted by molar-refractivity contribution is 8.00. The van der Waals surface area contributed by atoms with Crippen molar-refractivity contribution in [1.29, 1.82) is 0 Å². The maximum Gasteiger partial charge on any atom is 0.241 e. The number of carbonyl (C=O) groups excluding carboxylic acids is 1. The van der Waals surface area contributed by atoms with Crippen LogP contribution in [0.4, 0.5) is 11.4 Å². The lowest BCUT2D eigenvalue weighted by Crippen LogP contribution is -2.48. The van der Waals surface area contributed by atoms with Crippen molar-refractivity contribution in [2.24, 2.45) is 0 Å². The highest BCUT2D eigenvalue weighted by Crippen LogP contribution is 2.23. The lowest BCUT2D eigenvalue weighted by Gasteiger charge is -2.35. The molecule has 2 rings (SSSR count). The molecule has 1 aliphatic heterocycles. The summed E-state index contributed by atoms with van der Waals surface area (Å²) in [6, 6.07) is 5.47. The molecule has 0 aliphatic carbocycles. The van der Waals surface area contributed by atoms with E-state index >= 15 is 0 Å². The maximum absolute atomic E-state index is 12.5. The van der Waals surface area contributed by atoms with Gasteiger partial charge in [0, 0.05) is 35.5 Å². The quantitative estimate of drug-likeness (QED) is 0.840. The molecule has 0 spiro atoms. The van der Waals surface area contributed by atoms with Crippen LogP contribution in [-0.2, 0) is 4.79 Å². The van der Waals surface area contributed by atoms with Gasteiger partial charge in [-0.2, -0.15) is 11.8 Å². The number of nitrogens with zero attached hydrogens (tertiary/aromatic N) is 1. The van der Waals surface area contributed by atoms with Crippen molar-refractivity contribution in [3.8, 4) is 0 Å². The second kappa shape index (κ2) is 7.18. The molecule has 1 saturated heterocycles. The van der Waals surface area contributed by atoms with E-state index in [0.717, 1.165) is 42.2 Å². The number of aryl methyl sites for hydroxylation is 1. The third kappa shape index (κ3) is 4.14. The molecule has 0 radical (unpaired) electrons. The number of carbonyl (C=O) groups is 1. The molecule has 5 heteroatoms. The summed E-state index contributed by atoms with van der Waals surface area (Å²) in [5.41, 5.74) is 8.31. The average Bonchev–Trinajstić information content (AvgIpc) is 2.49. The number of nitrogens with two attached hydrogens (primary N) is 1. The van der Waals surface area contributed by atoms with Gasteiger partial charge in [0.15, 0.2) is 0 Å². The Morgan fingerprint density at radius 1 is 1.57 bits per heavy atom. The van der Waals surface area contributed by atoms with Crippen LogP contribution < -0.4 is 11.1 Å². The molecule has 1 aromatic rings. The average molecular weight is 307 g/mol. The van der Waals surface area contributed by atoms with Crippen molar-refractivity contribution in [2.45, 2.75) is 38.5 Å². The number of rotatable bonds is 4. The first-order valence-electron chi connectivity index (χ1n) is 7.54. The van der Waals surface area contributed by atoms with Gasteiger partial charge in [0.1, 0.15) is 0 Å². The van der Waals surface area contributed by atoms with Crippen molar-refractivity contribution >= 4 is 29.0 Å². The molecule has 1 fully saturated rings. The van der Waals surface area contributed by atoms with Crippen molar-refractivity contribution in [3.05, 3.63) is 23.8 Å². The zero-order valence-electron chi connectivity index (χ0n) is 13.1. The topological polar surface area (TPSA) is 58.4 Å². The van der Waals surface area contributed by atoms with E-state index in [9.17, 15) is 4.79 Å². The first-order valence-corrected chi connectivity index (χ1v) is 8.58. The third-order valence-corrected chi connectivity index (χ3v) is 5.43. The van der Waals surface area contributed by atoms with Crippen LogP contribution in [0.2, 0.25) is 0 Å². The molecule has 4 nitrogen and oxygen atoms in total. The Labute approximate surface area is 131 Å². The molecule has 2 unspecified atom stereocenters. The highest BCUT2D eigenvalue weighted by atomic mass is 32.2. The zero-order chi connectivity index (χ0) is 15.4. The van der Waals surface area contributed by atoms with Gasteiger partial charge in [0.25, 0.3) is 0 Å². The monoisotopic (exact) mass is 307 g/mol. The second-order valence-electron chi connectivity index (χ2n) is 5.64. The Hall–Kier alpha value is -1.20. The predicted molar refractivity (Wildman–Crippen MR) is 91.8 cm³/mol. The molecular formula is C16H25N3OS. The Kier molecular flexibility index (Phi) is 5.53. The molecule has 1 aliphatic rings. The summed E-state index contributed by atoms with van der Waals surface area (Å²) in [6.45, 7) is 8.14. The van der Waals surface area contributed by atoms with E-state index in [1.807, 2.05) is 43.8 Å². The van der Waals surface area contributed by atoms with Crippen LogP contribution in [0.1, 0.15) is 25.8 Å². The lowest BCUT2D eigenvalue weighted by molar-refractivity contribution is -0.120. The van der Waals surface area contributed by atoms with Gasteiger partial charge in [-0.1, -0.05) is 6.92 Å². The zero-order valence-corrected chi connectivity index (χ0v) is 13.9. The SMILES string of the molecule is CCC1CN(C(C)C(=O)Nc2ccc(N)cc2C)CCS1. The summed E-state index contributed by atoms with van der Waals surface area (Å²) in [7, 11) is 0. The van der Waals surface area contributed by atoms with E-state index in [4.69, 9.17) is 5.73 Å². The normalized spacial score (nSPS) is 21.0. The second-order valence-corrected chi connectivity index (χ2v) is 7.04. The Balaban J connectivity index is 1.99. The van der Waals surface area contributed by atoms with E-state index < -0.39 is 0 Å². The molecule has 1 amide bonds. The minimum Gasteiger partial charge on any atom is -0.399 e. The standard InChI is InChI=1S/C16H25N3OS/c1-4-14-10-19(7-8-21-14)12(3)16(20)18-15-6-5-13(17)9-11(15)2/h5-6,9,12,14H,4,7-8,10,17H2,1-3H3,(H,18,20). The van der Waals surface area contributed by atoms with E-state index in [0.29, 0.717) is 5.25 Å². The van der Waals surface area contributed by atoms with E-state index in [-0.39, 0.29) is 11.9 Å². The summed E-state index contributed by atoms with van der Waals surface area (Å²) < 4.78 is 0. The largest absolute Gasteiger partial charge is 0.399 e. The summed E-state index contributed by atoms with van der Waals surface area (Å²) in [5.74, 6) is 1.17. The summed E-state index contributed by atoms with van der Waals surface area (Å²) in [4.78, 5) is 14.7. The smallest absolute Gasteiger partial charge is 0.241 e. The van der Waals surface area contributed by atoms with Gasteiger partial charge in [0.05, 0.1) is 6.04 Å². The number of hydrogen-bond donors (Lipinski definition) is 2. The van der Waals surface area contributed by atoms with Crippen LogP contribution >= 0.6 is 11.8 Å². The van der Waals surface area contributed by atoms with Gasteiger partial charge in [-0.05, 0) is 44.0 Å². The lowest BCUT2D eigenvalue weighted by atomic mass is 10.1. The third-order valence-electron chi connectivity index (χ3n) is 4.06. The fraction of sp³-hybridized carbons (Fsp3) is 0.562.